The fourth-order valence-corrected chi connectivity index (χ4v) is 5.95. The predicted molar refractivity (Wildman–Crippen MR) is 126 cm³/mol. The number of methoxy groups -OCH3 is 3. The second kappa shape index (κ2) is 10.1. The quantitative estimate of drug-likeness (QED) is 0.550. The van der Waals surface area contributed by atoms with Crippen LogP contribution in [0, 0.1) is 5.92 Å². The third kappa shape index (κ3) is 4.78. The number of rotatable bonds is 6. The van der Waals surface area contributed by atoms with E-state index in [0.29, 0.717) is 42.3 Å². The van der Waals surface area contributed by atoms with Crippen molar-refractivity contribution in [2.24, 2.45) is 5.92 Å². The third-order valence-electron chi connectivity index (χ3n) is 6.23. The summed E-state index contributed by atoms with van der Waals surface area (Å²) in [6.07, 6.45) is 0.0863. The molecule has 0 radical (unpaired) electrons. The molecule has 2 aliphatic heterocycles. The van der Waals surface area contributed by atoms with Gasteiger partial charge in [-0.3, -0.25) is 4.79 Å². The lowest BCUT2D eigenvalue weighted by atomic mass is 9.97. The Balaban J connectivity index is 1.58. The lowest BCUT2D eigenvalue weighted by Gasteiger charge is -2.38. The van der Waals surface area contributed by atoms with Crippen LogP contribution in [0.15, 0.2) is 47.4 Å². The van der Waals surface area contributed by atoms with Crippen molar-refractivity contribution in [3.8, 4) is 17.2 Å². The van der Waals surface area contributed by atoms with Gasteiger partial charge in [0.1, 0.15) is 5.75 Å². The molecule has 1 amide bonds. The zero-order chi connectivity index (χ0) is 25.2. The topological polar surface area (TPSA) is 112 Å². The standard InChI is InChI=1S/C24H28N2O8S/c1-31-20-11-10-17(13-21(20)32-2)35(29,30)25-12-6-7-16(14-25)23(27)26-15-22(24(28)33-3)34-19-9-5-4-8-18(19)26/h4-5,8-11,13,16,22H,6-7,12,14-15H2,1-3H3/t16-,22-/m1/s1. The SMILES string of the molecule is COC(=O)[C@H]1CN(C(=O)[C@@H]2CCCN(S(=O)(=O)c3ccc(OC)c(OC)c3)C2)c2ccccc2O1. The van der Waals surface area contributed by atoms with E-state index in [9.17, 15) is 18.0 Å². The van der Waals surface area contributed by atoms with E-state index in [2.05, 4.69) is 0 Å². The average Bonchev–Trinajstić information content (AvgIpc) is 2.91. The fraction of sp³-hybridized carbons (Fsp3) is 0.417. The second-order valence-corrected chi connectivity index (χ2v) is 10.2. The van der Waals surface area contributed by atoms with Gasteiger partial charge < -0.3 is 23.8 Å². The van der Waals surface area contributed by atoms with E-state index in [1.54, 1.807) is 24.3 Å². The van der Waals surface area contributed by atoms with Gasteiger partial charge in [0.25, 0.3) is 0 Å². The molecule has 188 valence electrons. The van der Waals surface area contributed by atoms with Crippen LogP contribution in [0.2, 0.25) is 0 Å². The molecule has 0 aliphatic carbocycles. The van der Waals surface area contributed by atoms with Crippen LogP contribution in [0.25, 0.3) is 0 Å². The summed E-state index contributed by atoms with van der Waals surface area (Å²) in [5.41, 5.74) is 0.539. The normalized spacial score (nSPS) is 20.4. The summed E-state index contributed by atoms with van der Waals surface area (Å²) in [6.45, 7) is 0.310. The highest BCUT2D eigenvalue weighted by atomic mass is 32.2. The number of para-hydroxylation sites is 2. The lowest BCUT2D eigenvalue weighted by molar-refractivity contribution is -0.148. The first-order chi connectivity index (χ1) is 16.8. The first kappa shape index (κ1) is 24.8. The first-order valence-electron chi connectivity index (χ1n) is 11.2. The van der Waals surface area contributed by atoms with Crippen molar-refractivity contribution in [2.45, 2.75) is 23.8 Å². The monoisotopic (exact) mass is 504 g/mol. The van der Waals surface area contributed by atoms with Crippen LogP contribution in [0.5, 0.6) is 17.2 Å². The maximum absolute atomic E-state index is 13.6. The molecule has 0 saturated carbocycles. The molecular weight excluding hydrogens is 476 g/mol. The van der Waals surface area contributed by atoms with Crippen LogP contribution in [0.4, 0.5) is 5.69 Å². The number of carbonyl (C=O) groups is 2. The summed E-state index contributed by atoms with van der Waals surface area (Å²) in [4.78, 5) is 27.4. The Morgan fingerprint density at radius 1 is 1.00 bits per heavy atom. The third-order valence-corrected chi connectivity index (χ3v) is 8.09. The van der Waals surface area contributed by atoms with Crippen LogP contribution in [0.3, 0.4) is 0 Å². The van der Waals surface area contributed by atoms with Crippen LogP contribution < -0.4 is 19.1 Å². The summed E-state index contributed by atoms with van der Waals surface area (Å²) in [7, 11) is 0.293. The summed E-state index contributed by atoms with van der Waals surface area (Å²) in [5.74, 6) is -0.307. The van der Waals surface area contributed by atoms with E-state index in [1.165, 1.54) is 48.7 Å². The lowest BCUT2D eigenvalue weighted by Crippen LogP contribution is -2.52. The highest BCUT2D eigenvalue weighted by Gasteiger charge is 2.40. The van der Waals surface area contributed by atoms with Gasteiger partial charge in [-0.05, 0) is 37.1 Å². The van der Waals surface area contributed by atoms with Crippen molar-refractivity contribution in [3.63, 3.8) is 0 Å². The number of fused-ring (bicyclic) bond motifs is 1. The van der Waals surface area contributed by atoms with Crippen LogP contribution in [-0.2, 0) is 24.3 Å². The number of esters is 1. The molecule has 2 aliphatic rings. The zero-order valence-electron chi connectivity index (χ0n) is 19.8. The van der Waals surface area contributed by atoms with Gasteiger partial charge in [-0.15, -0.1) is 0 Å². The molecular formula is C24H28N2O8S. The van der Waals surface area contributed by atoms with Crippen LogP contribution >= 0.6 is 0 Å². The van der Waals surface area contributed by atoms with Gasteiger partial charge in [-0.2, -0.15) is 4.31 Å². The second-order valence-electron chi connectivity index (χ2n) is 8.27. The summed E-state index contributed by atoms with van der Waals surface area (Å²) >= 11 is 0. The Morgan fingerprint density at radius 2 is 1.74 bits per heavy atom. The van der Waals surface area contributed by atoms with E-state index in [1.807, 2.05) is 0 Å². The van der Waals surface area contributed by atoms with E-state index in [0.717, 1.165) is 0 Å². The van der Waals surface area contributed by atoms with Crippen molar-refractivity contribution in [2.75, 3.05) is 45.9 Å². The molecule has 2 aromatic rings. The van der Waals surface area contributed by atoms with Gasteiger partial charge in [-0.25, -0.2) is 13.2 Å². The molecule has 1 fully saturated rings. The summed E-state index contributed by atoms with van der Waals surface area (Å²) in [5, 5.41) is 0. The molecule has 2 heterocycles. The number of amides is 1. The number of benzene rings is 2. The van der Waals surface area contributed by atoms with Crippen molar-refractivity contribution < 1.29 is 37.0 Å². The Kier molecular flexibility index (Phi) is 7.18. The Morgan fingerprint density at radius 3 is 2.46 bits per heavy atom. The molecule has 0 unspecified atom stereocenters. The van der Waals surface area contributed by atoms with Gasteiger partial charge in [0.2, 0.25) is 22.0 Å². The van der Waals surface area contributed by atoms with Gasteiger partial charge in [0, 0.05) is 19.2 Å². The maximum Gasteiger partial charge on any atom is 0.348 e. The molecule has 0 bridgehead atoms. The van der Waals surface area contributed by atoms with Crippen molar-refractivity contribution in [1.82, 2.24) is 4.31 Å². The molecule has 2 atom stereocenters. The first-order valence-corrected chi connectivity index (χ1v) is 12.6. The number of carbonyl (C=O) groups excluding carboxylic acids is 2. The maximum atomic E-state index is 13.6. The molecule has 4 rings (SSSR count). The van der Waals surface area contributed by atoms with Gasteiger partial charge in [0.05, 0.1) is 44.4 Å². The average molecular weight is 505 g/mol. The molecule has 2 aromatic carbocycles. The van der Waals surface area contributed by atoms with E-state index < -0.39 is 28.0 Å². The summed E-state index contributed by atoms with van der Waals surface area (Å²) in [6, 6.07) is 11.4. The molecule has 0 spiro atoms. The van der Waals surface area contributed by atoms with Gasteiger partial charge >= 0.3 is 5.97 Å². The van der Waals surface area contributed by atoms with Gasteiger partial charge in [-0.1, -0.05) is 12.1 Å². The number of anilines is 1. The number of ether oxygens (including phenoxy) is 4. The minimum Gasteiger partial charge on any atom is -0.493 e. The summed E-state index contributed by atoms with van der Waals surface area (Å²) < 4.78 is 49.1. The molecule has 1 saturated heterocycles. The minimum absolute atomic E-state index is 0.0125. The molecule has 35 heavy (non-hydrogen) atoms. The molecule has 0 N–H and O–H groups in total. The highest BCUT2D eigenvalue weighted by molar-refractivity contribution is 7.89. The Hall–Kier alpha value is -3.31. The minimum atomic E-state index is -3.88. The van der Waals surface area contributed by atoms with E-state index in [4.69, 9.17) is 18.9 Å². The molecule has 11 heteroatoms. The predicted octanol–water partition coefficient (Wildman–Crippen LogP) is 2.07. The largest absolute Gasteiger partial charge is 0.493 e. The number of nitrogens with zero attached hydrogens (tertiary/aromatic N) is 2. The van der Waals surface area contributed by atoms with Crippen LogP contribution in [-0.4, -0.2) is 71.7 Å². The fourth-order valence-electron chi connectivity index (χ4n) is 4.41. The van der Waals surface area contributed by atoms with Crippen molar-refractivity contribution >= 4 is 27.6 Å². The molecule has 10 nitrogen and oxygen atoms in total. The van der Waals surface area contributed by atoms with Crippen molar-refractivity contribution in [1.29, 1.82) is 0 Å². The van der Waals surface area contributed by atoms with Gasteiger partial charge in [0.15, 0.2) is 11.5 Å². The smallest absolute Gasteiger partial charge is 0.348 e. The zero-order valence-corrected chi connectivity index (χ0v) is 20.6. The van der Waals surface area contributed by atoms with Crippen LogP contribution in [0.1, 0.15) is 12.8 Å². The number of piperidine rings is 1. The number of hydrogen-bond donors (Lipinski definition) is 0. The highest BCUT2D eigenvalue weighted by Crippen LogP contribution is 2.36. The number of hydrogen-bond acceptors (Lipinski definition) is 8. The van der Waals surface area contributed by atoms with E-state index in [-0.39, 0.29) is 23.9 Å². The van der Waals surface area contributed by atoms with Crippen molar-refractivity contribution in [3.05, 3.63) is 42.5 Å². The Labute approximate surface area is 204 Å². The Bertz CT molecular complexity index is 1220. The van der Waals surface area contributed by atoms with E-state index >= 15 is 0 Å². The number of sulfonamides is 1. The molecule has 0 aromatic heterocycles.